The lowest BCUT2D eigenvalue weighted by molar-refractivity contribution is -0.115. The Labute approximate surface area is 98.6 Å². The standard InChI is InChI=1S/C11H15FN2OS/c1-2-16-6-5-11(15)14-10-7-8(13)3-4-9(10)12/h3-4,7H,2,5-6,13H2,1H3,(H,14,15). The number of nitrogens with two attached hydrogens (primary N) is 1. The highest BCUT2D eigenvalue weighted by Crippen LogP contribution is 2.17. The van der Waals surface area contributed by atoms with Gasteiger partial charge in [0, 0.05) is 17.9 Å². The van der Waals surface area contributed by atoms with Gasteiger partial charge in [-0.05, 0) is 24.0 Å². The molecular weight excluding hydrogens is 227 g/mol. The molecule has 0 aliphatic carbocycles. The number of benzene rings is 1. The fraction of sp³-hybridized carbons (Fsp3) is 0.364. The molecule has 0 aliphatic rings. The van der Waals surface area contributed by atoms with Crippen LogP contribution in [0.1, 0.15) is 13.3 Å². The minimum atomic E-state index is -0.467. The zero-order chi connectivity index (χ0) is 12.0. The Morgan fingerprint density at radius 1 is 1.56 bits per heavy atom. The summed E-state index contributed by atoms with van der Waals surface area (Å²) in [5.41, 5.74) is 6.08. The van der Waals surface area contributed by atoms with Crippen LogP contribution in [0.5, 0.6) is 0 Å². The summed E-state index contributed by atoms with van der Waals surface area (Å²) in [5.74, 6) is 1.06. The van der Waals surface area contributed by atoms with Crippen LogP contribution in [0.15, 0.2) is 18.2 Å². The lowest BCUT2D eigenvalue weighted by Gasteiger charge is -2.06. The summed E-state index contributed by atoms with van der Waals surface area (Å²) in [6, 6.07) is 4.11. The lowest BCUT2D eigenvalue weighted by atomic mass is 10.2. The van der Waals surface area contributed by atoms with E-state index >= 15 is 0 Å². The molecule has 0 heterocycles. The van der Waals surface area contributed by atoms with Crippen molar-refractivity contribution in [2.75, 3.05) is 22.6 Å². The van der Waals surface area contributed by atoms with Gasteiger partial charge in [0.25, 0.3) is 0 Å². The van der Waals surface area contributed by atoms with E-state index in [1.807, 2.05) is 6.92 Å². The molecule has 1 aromatic rings. The number of amides is 1. The van der Waals surface area contributed by atoms with Gasteiger partial charge in [-0.15, -0.1) is 0 Å². The Morgan fingerprint density at radius 3 is 3.00 bits per heavy atom. The van der Waals surface area contributed by atoms with Gasteiger partial charge in [-0.1, -0.05) is 6.92 Å². The van der Waals surface area contributed by atoms with Crippen molar-refractivity contribution in [1.29, 1.82) is 0 Å². The highest BCUT2D eigenvalue weighted by Gasteiger charge is 2.06. The number of rotatable bonds is 5. The summed E-state index contributed by atoms with van der Waals surface area (Å²) in [5, 5.41) is 2.50. The van der Waals surface area contributed by atoms with Gasteiger partial charge < -0.3 is 11.1 Å². The smallest absolute Gasteiger partial charge is 0.225 e. The van der Waals surface area contributed by atoms with Crippen molar-refractivity contribution in [3.63, 3.8) is 0 Å². The molecular formula is C11H15FN2OS. The largest absolute Gasteiger partial charge is 0.399 e. The minimum Gasteiger partial charge on any atom is -0.399 e. The molecule has 1 amide bonds. The Morgan fingerprint density at radius 2 is 2.31 bits per heavy atom. The number of anilines is 2. The number of thioether (sulfide) groups is 1. The van der Waals surface area contributed by atoms with Gasteiger partial charge in [-0.3, -0.25) is 4.79 Å². The van der Waals surface area contributed by atoms with Crippen LogP contribution < -0.4 is 11.1 Å². The van der Waals surface area contributed by atoms with Gasteiger partial charge in [0.05, 0.1) is 5.69 Å². The van der Waals surface area contributed by atoms with Gasteiger partial charge in [-0.2, -0.15) is 11.8 Å². The number of hydrogen-bond donors (Lipinski definition) is 2. The second-order valence-corrected chi connectivity index (χ2v) is 4.63. The Kier molecular flexibility index (Phi) is 5.11. The summed E-state index contributed by atoms with van der Waals surface area (Å²) in [4.78, 5) is 11.4. The predicted octanol–water partition coefficient (Wildman–Crippen LogP) is 2.49. The molecule has 3 N–H and O–H groups in total. The average molecular weight is 242 g/mol. The van der Waals surface area contributed by atoms with E-state index in [1.165, 1.54) is 18.2 Å². The van der Waals surface area contributed by atoms with Crippen molar-refractivity contribution in [3.05, 3.63) is 24.0 Å². The van der Waals surface area contributed by atoms with Gasteiger partial charge in [0.1, 0.15) is 5.82 Å². The van der Waals surface area contributed by atoms with Crippen LogP contribution in [0.2, 0.25) is 0 Å². The molecule has 0 radical (unpaired) electrons. The first-order chi connectivity index (χ1) is 7.63. The summed E-state index contributed by atoms with van der Waals surface area (Å²) >= 11 is 1.68. The maximum Gasteiger partial charge on any atom is 0.225 e. The maximum absolute atomic E-state index is 13.2. The molecule has 0 saturated carbocycles. The van der Waals surface area contributed by atoms with E-state index in [0.717, 1.165) is 11.5 Å². The summed E-state index contributed by atoms with van der Waals surface area (Å²) in [6.45, 7) is 2.03. The van der Waals surface area contributed by atoms with Crippen LogP contribution in [0.4, 0.5) is 15.8 Å². The van der Waals surface area contributed by atoms with Crippen molar-refractivity contribution in [2.24, 2.45) is 0 Å². The number of carbonyl (C=O) groups excluding carboxylic acids is 1. The van der Waals surface area contributed by atoms with E-state index in [4.69, 9.17) is 5.73 Å². The Bertz CT molecular complexity index is 371. The second-order valence-electron chi connectivity index (χ2n) is 3.23. The zero-order valence-corrected chi connectivity index (χ0v) is 9.94. The third kappa shape index (κ3) is 4.10. The van der Waals surface area contributed by atoms with E-state index in [9.17, 15) is 9.18 Å². The fourth-order valence-electron chi connectivity index (χ4n) is 1.16. The molecule has 3 nitrogen and oxygen atoms in total. The lowest BCUT2D eigenvalue weighted by Crippen LogP contribution is -2.13. The van der Waals surface area contributed by atoms with E-state index in [0.29, 0.717) is 12.1 Å². The molecule has 0 fully saturated rings. The Balaban J connectivity index is 2.52. The van der Waals surface area contributed by atoms with Crippen molar-refractivity contribution in [2.45, 2.75) is 13.3 Å². The third-order valence-electron chi connectivity index (χ3n) is 1.94. The van der Waals surface area contributed by atoms with Crippen molar-refractivity contribution in [1.82, 2.24) is 0 Å². The van der Waals surface area contributed by atoms with E-state index in [2.05, 4.69) is 5.32 Å². The van der Waals surface area contributed by atoms with Gasteiger partial charge in [-0.25, -0.2) is 4.39 Å². The second kappa shape index (κ2) is 6.37. The highest BCUT2D eigenvalue weighted by molar-refractivity contribution is 7.99. The number of nitrogen functional groups attached to an aromatic ring is 1. The molecule has 0 unspecified atom stereocenters. The summed E-state index contributed by atoms with van der Waals surface area (Å²) in [6.07, 6.45) is 0.382. The van der Waals surface area contributed by atoms with E-state index in [1.54, 1.807) is 11.8 Å². The number of carbonyl (C=O) groups is 1. The maximum atomic E-state index is 13.2. The molecule has 1 rings (SSSR count). The first-order valence-electron chi connectivity index (χ1n) is 5.06. The normalized spacial score (nSPS) is 10.1. The molecule has 0 aliphatic heterocycles. The van der Waals surface area contributed by atoms with E-state index < -0.39 is 5.82 Å². The van der Waals surface area contributed by atoms with Crippen molar-refractivity contribution < 1.29 is 9.18 Å². The van der Waals surface area contributed by atoms with Crippen LogP contribution in [0.25, 0.3) is 0 Å². The molecule has 16 heavy (non-hydrogen) atoms. The average Bonchev–Trinajstić information content (AvgIpc) is 2.24. The van der Waals surface area contributed by atoms with Crippen LogP contribution in [0, 0.1) is 5.82 Å². The van der Waals surface area contributed by atoms with Crippen molar-refractivity contribution in [3.8, 4) is 0 Å². The van der Waals surface area contributed by atoms with Crippen LogP contribution >= 0.6 is 11.8 Å². The number of halogens is 1. The molecule has 0 spiro atoms. The topological polar surface area (TPSA) is 55.1 Å². The monoisotopic (exact) mass is 242 g/mol. The molecule has 0 aromatic heterocycles. The molecule has 0 atom stereocenters. The van der Waals surface area contributed by atoms with Crippen LogP contribution in [-0.4, -0.2) is 17.4 Å². The van der Waals surface area contributed by atoms with Crippen LogP contribution in [-0.2, 0) is 4.79 Å². The predicted molar refractivity (Wildman–Crippen MR) is 67.1 cm³/mol. The Hall–Kier alpha value is -1.23. The SMILES string of the molecule is CCSCCC(=O)Nc1cc(N)ccc1F. The quantitative estimate of drug-likeness (QED) is 0.616. The van der Waals surface area contributed by atoms with Crippen LogP contribution in [0.3, 0.4) is 0 Å². The fourth-order valence-corrected chi connectivity index (χ4v) is 1.78. The zero-order valence-electron chi connectivity index (χ0n) is 9.13. The van der Waals surface area contributed by atoms with Gasteiger partial charge in [0.15, 0.2) is 0 Å². The molecule has 5 heteroatoms. The van der Waals surface area contributed by atoms with E-state index in [-0.39, 0.29) is 11.6 Å². The minimum absolute atomic E-state index is 0.145. The number of hydrogen-bond acceptors (Lipinski definition) is 3. The highest BCUT2D eigenvalue weighted by atomic mass is 32.2. The summed E-state index contributed by atoms with van der Waals surface area (Å²) < 4.78 is 13.2. The van der Waals surface area contributed by atoms with Gasteiger partial charge in [0.2, 0.25) is 5.91 Å². The summed E-state index contributed by atoms with van der Waals surface area (Å²) in [7, 11) is 0. The third-order valence-corrected chi connectivity index (χ3v) is 2.84. The molecule has 0 bridgehead atoms. The number of nitrogens with one attached hydrogen (secondary N) is 1. The van der Waals surface area contributed by atoms with Crippen molar-refractivity contribution >= 4 is 29.0 Å². The first kappa shape index (κ1) is 12.8. The van der Waals surface area contributed by atoms with Gasteiger partial charge >= 0.3 is 0 Å². The molecule has 1 aromatic carbocycles. The first-order valence-corrected chi connectivity index (χ1v) is 6.21. The molecule has 88 valence electrons. The molecule has 0 saturated heterocycles.